The zero-order chi connectivity index (χ0) is 9.97. The number of carbonyl (C=O) groups is 1. The zero-order valence-electron chi connectivity index (χ0n) is 7.70. The first-order chi connectivity index (χ1) is 6.83. The van der Waals surface area contributed by atoms with Crippen LogP contribution in [0.15, 0.2) is 24.3 Å². The topological polar surface area (TPSA) is 26.3 Å². The van der Waals surface area contributed by atoms with Gasteiger partial charge in [0.15, 0.2) is 5.78 Å². The summed E-state index contributed by atoms with van der Waals surface area (Å²) in [7, 11) is 0. The molecule has 0 fully saturated rings. The van der Waals surface area contributed by atoms with Crippen LogP contribution in [0.25, 0.3) is 0 Å². The molecule has 1 aliphatic rings. The lowest BCUT2D eigenvalue weighted by molar-refractivity contribution is -0.118. The van der Waals surface area contributed by atoms with E-state index in [1.807, 2.05) is 24.3 Å². The predicted octanol–water partition coefficient (Wildman–Crippen LogP) is 2.52. The van der Waals surface area contributed by atoms with E-state index < -0.39 is 0 Å². The van der Waals surface area contributed by atoms with Gasteiger partial charge in [-0.05, 0) is 12.5 Å². The molecule has 2 nitrogen and oxygen atoms in total. The maximum Gasteiger partial charge on any atom is 0.151 e. The van der Waals surface area contributed by atoms with Gasteiger partial charge in [-0.2, -0.15) is 0 Å². The minimum absolute atomic E-state index is 0.0133. The molecule has 14 heavy (non-hydrogen) atoms. The average molecular weight is 255 g/mol. The third-order valence-corrected chi connectivity index (χ3v) is 3.03. The highest BCUT2D eigenvalue weighted by Gasteiger charge is 2.25. The second-order valence-electron chi connectivity index (χ2n) is 3.33. The van der Waals surface area contributed by atoms with Crippen LogP contribution in [0.5, 0.6) is 5.75 Å². The molecule has 0 radical (unpaired) electrons. The molecule has 0 aromatic heterocycles. The number of halogens is 1. The molecule has 0 bridgehead atoms. The minimum atomic E-state index is 0.0133. The van der Waals surface area contributed by atoms with Crippen LogP contribution in [0.4, 0.5) is 0 Å². The van der Waals surface area contributed by atoms with Gasteiger partial charge in [0.05, 0.1) is 17.9 Å². The molecule has 1 aliphatic heterocycles. The van der Waals surface area contributed by atoms with Gasteiger partial charge < -0.3 is 4.74 Å². The van der Waals surface area contributed by atoms with Crippen LogP contribution >= 0.6 is 15.9 Å². The molecule has 0 saturated carbocycles. The van der Waals surface area contributed by atoms with Crippen LogP contribution in [0.3, 0.4) is 0 Å². The molecule has 0 spiro atoms. The zero-order valence-corrected chi connectivity index (χ0v) is 9.29. The van der Waals surface area contributed by atoms with E-state index in [1.165, 1.54) is 0 Å². The van der Waals surface area contributed by atoms with Gasteiger partial charge >= 0.3 is 0 Å². The Bertz CT molecular complexity index is 349. The Morgan fingerprint density at radius 3 is 3.07 bits per heavy atom. The maximum absolute atomic E-state index is 11.6. The molecule has 1 atom stereocenters. The second kappa shape index (κ2) is 4.13. The van der Waals surface area contributed by atoms with Crippen molar-refractivity contribution in [3.8, 4) is 5.75 Å². The number of benzene rings is 1. The van der Waals surface area contributed by atoms with E-state index in [4.69, 9.17) is 4.74 Å². The Hall–Kier alpha value is -0.830. The molecular weight excluding hydrogens is 244 g/mol. The van der Waals surface area contributed by atoms with Crippen molar-refractivity contribution in [2.75, 3.05) is 11.9 Å². The predicted molar refractivity (Wildman–Crippen MR) is 58.1 cm³/mol. The van der Waals surface area contributed by atoms with Crippen molar-refractivity contribution in [1.29, 1.82) is 0 Å². The first-order valence-corrected chi connectivity index (χ1v) is 5.75. The summed E-state index contributed by atoms with van der Waals surface area (Å²) >= 11 is 3.21. The molecule has 3 heteroatoms. The number of alkyl halides is 1. The largest absolute Gasteiger partial charge is 0.493 e. The molecule has 1 unspecified atom stereocenters. The van der Waals surface area contributed by atoms with E-state index in [0.29, 0.717) is 11.9 Å². The molecule has 0 N–H and O–H groups in total. The van der Waals surface area contributed by atoms with Crippen LogP contribution in [-0.4, -0.2) is 17.7 Å². The van der Waals surface area contributed by atoms with Gasteiger partial charge in [0.25, 0.3) is 0 Å². The fraction of sp³-hybridized carbons (Fsp3) is 0.364. The maximum atomic E-state index is 11.6. The summed E-state index contributed by atoms with van der Waals surface area (Å²) in [5, 5.41) is 0.423. The molecule has 1 aromatic rings. The smallest absolute Gasteiger partial charge is 0.151 e. The molecule has 1 aromatic carbocycles. The second-order valence-corrected chi connectivity index (χ2v) is 3.89. The van der Waals surface area contributed by atoms with Crippen molar-refractivity contribution < 1.29 is 9.53 Å². The monoisotopic (exact) mass is 254 g/mol. The number of carbonyl (C=O) groups excluding carboxylic acids is 1. The number of hydrogen-bond acceptors (Lipinski definition) is 2. The highest BCUT2D eigenvalue weighted by molar-refractivity contribution is 9.09. The molecule has 1 heterocycles. The van der Waals surface area contributed by atoms with Crippen molar-refractivity contribution in [2.45, 2.75) is 12.3 Å². The van der Waals surface area contributed by atoms with Gasteiger partial charge in [0.1, 0.15) is 5.75 Å². The third-order valence-electron chi connectivity index (χ3n) is 2.48. The van der Waals surface area contributed by atoms with Crippen LogP contribution < -0.4 is 4.74 Å². The normalized spacial score (nSPS) is 19.6. The number of fused-ring (bicyclic) bond motifs is 1. The SMILES string of the molecule is O=C(CBr)C1CCOc2ccccc21. The number of ether oxygens (including phenoxy) is 1. The lowest BCUT2D eigenvalue weighted by Gasteiger charge is -2.24. The van der Waals surface area contributed by atoms with Crippen molar-refractivity contribution in [3.05, 3.63) is 29.8 Å². The van der Waals surface area contributed by atoms with E-state index in [1.54, 1.807) is 0 Å². The quantitative estimate of drug-likeness (QED) is 0.759. The summed E-state index contributed by atoms with van der Waals surface area (Å²) < 4.78 is 5.48. The van der Waals surface area contributed by atoms with Crippen molar-refractivity contribution in [2.24, 2.45) is 0 Å². The standard InChI is InChI=1S/C11H11BrO2/c12-7-10(13)8-5-6-14-11-4-2-1-3-9(8)11/h1-4,8H,5-7H2. The minimum Gasteiger partial charge on any atom is -0.493 e. The molecule has 2 rings (SSSR count). The van der Waals surface area contributed by atoms with E-state index >= 15 is 0 Å². The van der Waals surface area contributed by atoms with E-state index in [0.717, 1.165) is 17.7 Å². The Balaban J connectivity index is 2.35. The van der Waals surface area contributed by atoms with E-state index in [9.17, 15) is 4.79 Å². The first kappa shape index (κ1) is 9.71. The van der Waals surface area contributed by atoms with Crippen LogP contribution in [0.2, 0.25) is 0 Å². The Morgan fingerprint density at radius 1 is 1.50 bits per heavy atom. The fourth-order valence-corrected chi connectivity index (χ4v) is 2.16. The van der Waals surface area contributed by atoms with Crippen molar-refractivity contribution in [3.63, 3.8) is 0 Å². The lowest BCUT2D eigenvalue weighted by Crippen LogP contribution is -2.21. The Kier molecular flexibility index (Phi) is 2.87. The molecule has 0 saturated heterocycles. The fourth-order valence-electron chi connectivity index (χ4n) is 1.77. The Labute approximate surface area is 91.4 Å². The highest BCUT2D eigenvalue weighted by Crippen LogP contribution is 2.33. The summed E-state index contributed by atoms with van der Waals surface area (Å²) in [4.78, 5) is 11.6. The summed E-state index contributed by atoms with van der Waals surface area (Å²) in [6.45, 7) is 0.639. The van der Waals surface area contributed by atoms with Crippen LogP contribution in [-0.2, 0) is 4.79 Å². The molecular formula is C11H11BrO2. The first-order valence-electron chi connectivity index (χ1n) is 4.63. The number of ketones is 1. The summed E-state index contributed by atoms with van der Waals surface area (Å²) in [6, 6.07) is 7.77. The van der Waals surface area contributed by atoms with Gasteiger partial charge in [0, 0.05) is 5.56 Å². The van der Waals surface area contributed by atoms with E-state index in [-0.39, 0.29) is 11.7 Å². The number of hydrogen-bond donors (Lipinski definition) is 0. The number of para-hydroxylation sites is 1. The van der Waals surface area contributed by atoms with Crippen molar-refractivity contribution >= 4 is 21.7 Å². The number of Topliss-reactive ketones (excluding diaryl/α,β-unsaturated/α-hetero) is 1. The summed E-state index contributed by atoms with van der Waals surface area (Å²) in [6.07, 6.45) is 0.793. The molecule has 74 valence electrons. The van der Waals surface area contributed by atoms with E-state index in [2.05, 4.69) is 15.9 Å². The molecule has 0 aliphatic carbocycles. The third kappa shape index (κ3) is 1.69. The van der Waals surface area contributed by atoms with Crippen LogP contribution in [0.1, 0.15) is 17.9 Å². The summed E-state index contributed by atoms with van der Waals surface area (Å²) in [5.74, 6) is 1.11. The van der Waals surface area contributed by atoms with Gasteiger partial charge in [-0.25, -0.2) is 0 Å². The Morgan fingerprint density at radius 2 is 2.29 bits per heavy atom. The number of rotatable bonds is 2. The lowest BCUT2D eigenvalue weighted by atomic mass is 9.90. The van der Waals surface area contributed by atoms with Gasteiger partial charge in [-0.15, -0.1) is 0 Å². The van der Waals surface area contributed by atoms with Crippen LogP contribution in [0, 0.1) is 0 Å². The summed E-state index contributed by atoms with van der Waals surface area (Å²) in [5.41, 5.74) is 1.03. The highest BCUT2D eigenvalue weighted by atomic mass is 79.9. The van der Waals surface area contributed by atoms with Gasteiger partial charge in [-0.1, -0.05) is 34.1 Å². The average Bonchev–Trinajstić information content (AvgIpc) is 2.27. The van der Waals surface area contributed by atoms with Crippen molar-refractivity contribution in [1.82, 2.24) is 0 Å². The van der Waals surface area contributed by atoms with Gasteiger partial charge in [0.2, 0.25) is 0 Å². The van der Waals surface area contributed by atoms with Gasteiger partial charge in [-0.3, -0.25) is 4.79 Å². The molecule has 0 amide bonds.